The molecule has 1 atom stereocenters. The van der Waals surface area contributed by atoms with E-state index in [0.717, 1.165) is 11.3 Å². The summed E-state index contributed by atoms with van der Waals surface area (Å²) < 4.78 is 12.9. The number of pyridine rings is 1. The molecule has 1 aliphatic heterocycles. The van der Waals surface area contributed by atoms with Crippen molar-refractivity contribution in [3.63, 3.8) is 0 Å². The number of amides is 1. The second kappa shape index (κ2) is 5.63. The first-order valence-electron chi connectivity index (χ1n) is 6.34. The highest BCUT2D eigenvalue weighted by atomic mass is 32.2. The molecular weight excluding hydrogens is 275 g/mol. The average Bonchev–Trinajstić information content (AvgIpc) is 2.97. The van der Waals surface area contributed by atoms with Crippen LogP contribution in [-0.4, -0.2) is 28.1 Å². The van der Waals surface area contributed by atoms with E-state index in [0.29, 0.717) is 12.1 Å². The number of thioether (sulfide) groups is 1. The van der Waals surface area contributed by atoms with Crippen molar-refractivity contribution >= 4 is 17.7 Å². The molecule has 1 aliphatic rings. The van der Waals surface area contributed by atoms with E-state index in [1.165, 1.54) is 24.3 Å². The predicted molar refractivity (Wildman–Crippen MR) is 76.9 cm³/mol. The maximum Gasteiger partial charge on any atom is 0.255 e. The van der Waals surface area contributed by atoms with Gasteiger partial charge in [-0.05, 0) is 30.3 Å². The Morgan fingerprint density at radius 1 is 1.30 bits per heavy atom. The van der Waals surface area contributed by atoms with E-state index in [4.69, 9.17) is 0 Å². The van der Waals surface area contributed by atoms with Crippen molar-refractivity contribution in [1.29, 1.82) is 0 Å². The third kappa shape index (κ3) is 2.54. The molecule has 0 bridgehead atoms. The molecule has 5 heteroatoms. The Labute approximate surface area is 120 Å². The van der Waals surface area contributed by atoms with E-state index in [2.05, 4.69) is 4.98 Å². The monoisotopic (exact) mass is 288 g/mol. The summed E-state index contributed by atoms with van der Waals surface area (Å²) in [5.74, 6) is 0.497. The van der Waals surface area contributed by atoms with Crippen molar-refractivity contribution in [2.24, 2.45) is 0 Å². The van der Waals surface area contributed by atoms with Gasteiger partial charge in [0.05, 0.1) is 0 Å². The summed E-state index contributed by atoms with van der Waals surface area (Å²) in [6, 6.07) is 9.53. The average molecular weight is 288 g/mol. The SMILES string of the molecule is O=C(c1ccc(F)cc1)N1CCS[C@@H]1c1cccnc1. The molecule has 102 valence electrons. The topological polar surface area (TPSA) is 33.2 Å². The fourth-order valence-electron chi connectivity index (χ4n) is 2.23. The first-order chi connectivity index (χ1) is 9.75. The summed E-state index contributed by atoms with van der Waals surface area (Å²) in [7, 11) is 0. The molecule has 0 saturated carbocycles. The maximum atomic E-state index is 12.9. The zero-order valence-electron chi connectivity index (χ0n) is 10.7. The van der Waals surface area contributed by atoms with Crippen LogP contribution in [0.15, 0.2) is 48.8 Å². The van der Waals surface area contributed by atoms with Gasteiger partial charge < -0.3 is 4.90 Å². The van der Waals surface area contributed by atoms with E-state index in [1.807, 2.05) is 17.0 Å². The van der Waals surface area contributed by atoms with E-state index < -0.39 is 0 Å². The molecule has 0 radical (unpaired) electrons. The molecular formula is C15H13FN2OS. The lowest BCUT2D eigenvalue weighted by Crippen LogP contribution is -2.30. The van der Waals surface area contributed by atoms with Crippen molar-refractivity contribution in [2.75, 3.05) is 12.3 Å². The molecule has 2 aromatic rings. The number of aromatic nitrogens is 1. The number of carbonyl (C=O) groups excluding carboxylic acids is 1. The van der Waals surface area contributed by atoms with Gasteiger partial charge in [-0.25, -0.2) is 4.39 Å². The van der Waals surface area contributed by atoms with Crippen LogP contribution in [0.25, 0.3) is 0 Å². The molecule has 3 nitrogen and oxygen atoms in total. The fourth-order valence-corrected chi connectivity index (χ4v) is 3.47. The lowest BCUT2D eigenvalue weighted by molar-refractivity contribution is 0.0760. The van der Waals surface area contributed by atoms with Crippen LogP contribution in [0, 0.1) is 5.82 Å². The summed E-state index contributed by atoms with van der Waals surface area (Å²) in [6.45, 7) is 0.695. The lowest BCUT2D eigenvalue weighted by atomic mass is 10.1. The second-order valence-corrected chi connectivity index (χ2v) is 5.70. The van der Waals surface area contributed by atoms with Crippen LogP contribution in [0.1, 0.15) is 21.3 Å². The molecule has 2 heterocycles. The lowest BCUT2D eigenvalue weighted by Gasteiger charge is -2.23. The summed E-state index contributed by atoms with van der Waals surface area (Å²) in [4.78, 5) is 18.4. The van der Waals surface area contributed by atoms with Crippen LogP contribution in [0.3, 0.4) is 0 Å². The predicted octanol–water partition coefficient (Wildman–Crippen LogP) is 3.11. The molecule has 0 aliphatic carbocycles. The van der Waals surface area contributed by atoms with Gasteiger partial charge in [0.15, 0.2) is 0 Å². The number of carbonyl (C=O) groups is 1. The van der Waals surface area contributed by atoms with Crippen LogP contribution in [-0.2, 0) is 0 Å². The van der Waals surface area contributed by atoms with Gasteiger partial charge in [-0.15, -0.1) is 11.8 Å². The highest BCUT2D eigenvalue weighted by Crippen LogP contribution is 2.38. The third-order valence-corrected chi connectivity index (χ3v) is 4.47. The van der Waals surface area contributed by atoms with Crippen LogP contribution in [0.5, 0.6) is 0 Å². The minimum atomic E-state index is -0.332. The molecule has 1 aromatic carbocycles. The number of halogens is 1. The zero-order valence-corrected chi connectivity index (χ0v) is 11.5. The van der Waals surface area contributed by atoms with Crippen molar-refractivity contribution < 1.29 is 9.18 Å². The first-order valence-corrected chi connectivity index (χ1v) is 7.38. The number of rotatable bonds is 2. The molecule has 1 amide bonds. The summed E-state index contributed by atoms with van der Waals surface area (Å²) in [5, 5.41) is -0.0127. The molecule has 20 heavy (non-hydrogen) atoms. The Kier molecular flexibility index (Phi) is 3.69. The van der Waals surface area contributed by atoms with Crippen molar-refractivity contribution in [1.82, 2.24) is 9.88 Å². The normalized spacial score (nSPS) is 18.2. The third-order valence-electron chi connectivity index (χ3n) is 3.21. The molecule has 1 fully saturated rings. The van der Waals surface area contributed by atoms with Crippen LogP contribution < -0.4 is 0 Å². The van der Waals surface area contributed by atoms with E-state index in [-0.39, 0.29) is 17.1 Å². The molecule has 3 rings (SSSR count). The number of benzene rings is 1. The number of hydrogen-bond donors (Lipinski definition) is 0. The Balaban J connectivity index is 1.85. The van der Waals surface area contributed by atoms with E-state index >= 15 is 0 Å². The molecule has 0 unspecified atom stereocenters. The smallest absolute Gasteiger partial charge is 0.255 e. The van der Waals surface area contributed by atoms with Gasteiger partial charge >= 0.3 is 0 Å². The largest absolute Gasteiger partial charge is 0.322 e. The Bertz CT molecular complexity index is 603. The summed E-state index contributed by atoms with van der Waals surface area (Å²) in [6.07, 6.45) is 3.50. The van der Waals surface area contributed by atoms with Crippen LogP contribution in [0.4, 0.5) is 4.39 Å². The van der Waals surface area contributed by atoms with E-state index in [1.54, 1.807) is 24.2 Å². The standard InChI is InChI=1S/C15H13FN2OS/c16-13-5-3-11(4-6-13)14(19)18-8-9-20-15(18)12-2-1-7-17-10-12/h1-7,10,15H,8-9H2/t15-/m1/s1. The zero-order chi connectivity index (χ0) is 13.9. The first kappa shape index (κ1) is 13.1. The van der Waals surface area contributed by atoms with E-state index in [9.17, 15) is 9.18 Å². The van der Waals surface area contributed by atoms with Crippen molar-refractivity contribution in [2.45, 2.75) is 5.37 Å². The maximum absolute atomic E-state index is 12.9. The Hall–Kier alpha value is -1.88. The number of hydrogen-bond acceptors (Lipinski definition) is 3. The van der Waals surface area contributed by atoms with Crippen LogP contribution in [0.2, 0.25) is 0 Å². The van der Waals surface area contributed by atoms with Gasteiger partial charge in [-0.3, -0.25) is 9.78 Å². The van der Waals surface area contributed by atoms with Crippen molar-refractivity contribution in [3.8, 4) is 0 Å². The molecule has 0 spiro atoms. The molecule has 1 aromatic heterocycles. The second-order valence-electron chi connectivity index (χ2n) is 4.51. The van der Waals surface area contributed by atoms with Gasteiger partial charge in [0, 0.05) is 35.8 Å². The molecule has 1 saturated heterocycles. The number of nitrogens with zero attached hydrogens (tertiary/aromatic N) is 2. The van der Waals surface area contributed by atoms with Crippen molar-refractivity contribution in [3.05, 3.63) is 65.7 Å². The Morgan fingerprint density at radius 3 is 2.80 bits per heavy atom. The summed E-state index contributed by atoms with van der Waals surface area (Å²) in [5.41, 5.74) is 1.54. The fraction of sp³-hybridized carbons (Fsp3) is 0.200. The minimum absolute atomic E-state index is 0.0127. The van der Waals surface area contributed by atoms with Gasteiger partial charge in [0.2, 0.25) is 0 Å². The van der Waals surface area contributed by atoms with Gasteiger partial charge in [0.25, 0.3) is 5.91 Å². The van der Waals surface area contributed by atoms with Crippen LogP contribution >= 0.6 is 11.8 Å². The van der Waals surface area contributed by atoms with Gasteiger partial charge in [-0.1, -0.05) is 6.07 Å². The molecule has 0 N–H and O–H groups in total. The quantitative estimate of drug-likeness (QED) is 0.851. The van der Waals surface area contributed by atoms with Gasteiger partial charge in [-0.2, -0.15) is 0 Å². The minimum Gasteiger partial charge on any atom is -0.322 e. The Morgan fingerprint density at radius 2 is 2.10 bits per heavy atom. The van der Waals surface area contributed by atoms with Gasteiger partial charge in [0.1, 0.15) is 11.2 Å². The summed E-state index contributed by atoms with van der Waals surface area (Å²) >= 11 is 1.72. The highest BCUT2D eigenvalue weighted by molar-refractivity contribution is 7.99. The highest BCUT2D eigenvalue weighted by Gasteiger charge is 2.31.